The molecule has 0 aliphatic carbocycles. The van der Waals surface area contributed by atoms with E-state index in [-0.39, 0.29) is 5.91 Å². The van der Waals surface area contributed by atoms with Crippen molar-refractivity contribution < 1.29 is 9.32 Å². The summed E-state index contributed by atoms with van der Waals surface area (Å²) in [6.45, 7) is 2.30. The number of fused-ring (bicyclic) bond motifs is 2. The first-order valence-electron chi connectivity index (χ1n) is 8.18. The predicted molar refractivity (Wildman–Crippen MR) is 83.5 cm³/mol. The molecule has 0 radical (unpaired) electrons. The average molecular weight is 299 g/mol. The smallest absolute Gasteiger partial charge is 0.226 e. The summed E-state index contributed by atoms with van der Waals surface area (Å²) in [7, 11) is 0. The summed E-state index contributed by atoms with van der Waals surface area (Å²) >= 11 is 0. The zero-order valence-electron chi connectivity index (χ0n) is 12.6. The standard InChI is InChI=1S/C17H21N3O2/c21-17(11-14-12-5-1-2-7-16(12)22-19-14)18-13-8-10-20-9-4-3-6-15(13)20/h1-2,5,7,13,15H,3-4,6,8-11H2,(H,18,21). The van der Waals surface area contributed by atoms with Gasteiger partial charge in [0.05, 0.1) is 6.42 Å². The second-order valence-corrected chi connectivity index (χ2v) is 6.36. The third-order valence-electron chi connectivity index (χ3n) is 4.98. The van der Waals surface area contributed by atoms with Gasteiger partial charge in [-0.2, -0.15) is 0 Å². The fraction of sp³-hybridized carbons (Fsp3) is 0.529. The lowest BCUT2D eigenvalue weighted by molar-refractivity contribution is -0.121. The van der Waals surface area contributed by atoms with Gasteiger partial charge >= 0.3 is 0 Å². The van der Waals surface area contributed by atoms with E-state index in [1.807, 2.05) is 24.3 Å². The number of nitrogens with zero attached hydrogens (tertiary/aromatic N) is 2. The number of hydrogen-bond donors (Lipinski definition) is 1. The minimum atomic E-state index is 0.0523. The minimum absolute atomic E-state index is 0.0523. The number of benzene rings is 1. The van der Waals surface area contributed by atoms with Crippen molar-refractivity contribution >= 4 is 16.9 Å². The molecule has 2 atom stereocenters. The van der Waals surface area contributed by atoms with E-state index in [0.717, 1.165) is 29.6 Å². The molecule has 1 aromatic carbocycles. The summed E-state index contributed by atoms with van der Waals surface area (Å²) in [5.74, 6) is 0.0523. The number of hydrogen-bond acceptors (Lipinski definition) is 4. The van der Waals surface area contributed by atoms with Gasteiger partial charge < -0.3 is 9.84 Å². The third kappa shape index (κ3) is 2.50. The highest BCUT2D eigenvalue weighted by atomic mass is 16.5. The van der Waals surface area contributed by atoms with Gasteiger partial charge in [-0.1, -0.05) is 23.7 Å². The van der Waals surface area contributed by atoms with Gasteiger partial charge in [-0.25, -0.2) is 0 Å². The van der Waals surface area contributed by atoms with Gasteiger partial charge in [-0.3, -0.25) is 9.69 Å². The van der Waals surface area contributed by atoms with Gasteiger partial charge in [-0.15, -0.1) is 0 Å². The normalized spacial score (nSPS) is 25.3. The van der Waals surface area contributed by atoms with E-state index in [0.29, 0.717) is 18.5 Å². The Kier molecular flexibility index (Phi) is 3.58. The molecule has 0 spiro atoms. The van der Waals surface area contributed by atoms with Crippen molar-refractivity contribution in [2.24, 2.45) is 0 Å². The molecule has 22 heavy (non-hydrogen) atoms. The first-order chi connectivity index (χ1) is 10.8. The summed E-state index contributed by atoms with van der Waals surface area (Å²) in [5, 5.41) is 8.20. The van der Waals surface area contributed by atoms with Crippen LogP contribution >= 0.6 is 0 Å². The maximum Gasteiger partial charge on any atom is 0.226 e. The van der Waals surface area contributed by atoms with E-state index in [4.69, 9.17) is 4.52 Å². The van der Waals surface area contributed by atoms with Crippen LogP contribution in [0.5, 0.6) is 0 Å². The van der Waals surface area contributed by atoms with E-state index in [9.17, 15) is 4.79 Å². The Morgan fingerprint density at radius 2 is 2.18 bits per heavy atom. The van der Waals surface area contributed by atoms with Crippen molar-refractivity contribution in [2.75, 3.05) is 13.1 Å². The number of amides is 1. The Morgan fingerprint density at radius 3 is 3.14 bits per heavy atom. The molecule has 2 unspecified atom stereocenters. The lowest BCUT2D eigenvalue weighted by atomic mass is 9.99. The summed E-state index contributed by atoms with van der Waals surface area (Å²) < 4.78 is 5.27. The Bertz CT molecular complexity index is 681. The van der Waals surface area contributed by atoms with Crippen LogP contribution in [0.1, 0.15) is 31.4 Å². The topological polar surface area (TPSA) is 58.4 Å². The van der Waals surface area contributed by atoms with Gasteiger partial charge in [-0.05, 0) is 37.9 Å². The van der Waals surface area contributed by atoms with Gasteiger partial charge in [0.2, 0.25) is 5.91 Å². The second-order valence-electron chi connectivity index (χ2n) is 6.36. The van der Waals surface area contributed by atoms with Crippen molar-refractivity contribution in [1.29, 1.82) is 0 Å². The van der Waals surface area contributed by atoms with Crippen LogP contribution in [0.3, 0.4) is 0 Å². The lowest BCUT2D eigenvalue weighted by Gasteiger charge is -2.32. The Balaban J connectivity index is 1.42. The molecule has 0 bridgehead atoms. The highest BCUT2D eigenvalue weighted by molar-refractivity contribution is 5.86. The van der Waals surface area contributed by atoms with E-state index < -0.39 is 0 Å². The van der Waals surface area contributed by atoms with Gasteiger partial charge in [0.25, 0.3) is 0 Å². The third-order valence-corrected chi connectivity index (χ3v) is 4.98. The quantitative estimate of drug-likeness (QED) is 0.943. The first kappa shape index (κ1) is 13.8. The second kappa shape index (κ2) is 5.72. The van der Waals surface area contributed by atoms with E-state index in [1.54, 1.807) is 0 Å². The molecule has 2 fully saturated rings. The summed E-state index contributed by atoms with van der Waals surface area (Å²) in [5.41, 5.74) is 1.47. The molecule has 5 nitrogen and oxygen atoms in total. The number of para-hydroxylation sites is 1. The van der Waals surface area contributed by atoms with Gasteiger partial charge in [0, 0.05) is 24.0 Å². The predicted octanol–water partition coefficient (Wildman–Crippen LogP) is 2.11. The monoisotopic (exact) mass is 299 g/mol. The molecule has 0 saturated carbocycles. The van der Waals surface area contributed by atoms with Crippen LogP contribution in [0.4, 0.5) is 0 Å². The van der Waals surface area contributed by atoms with Crippen molar-refractivity contribution in [3.8, 4) is 0 Å². The zero-order valence-corrected chi connectivity index (χ0v) is 12.6. The van der Waals surface area contributed by atoms with Crippen molar-refractivity contribution in [1.82, 2.24) is 15.4 Å². The molecule has 2 aliphatic heterocycles. The molecule has 1 amide bonds. The number of piperidine rings is 1. The summed E-state index contributed by atoms with van der Waals surface area (Å²) in [4.78, 5) is 14.9. The summed E-state index contributed by atoms with van der Waals surface area (Å²) in [6, 6.07) is 8.51. The number of rotatable bonds is 3. The van der Waals surface area contributed by atoms with Gasteiger partial charge in [0.15, 0.2) is 5.58 Å². The van der Waals surface area contributed by atoms with Crippen molar-refractivity contribution in [3.63, 3.8) is 0 Å². The number of aromatic nitrogens is 1. The molecule has 116 valence electrons. The molecule has 2 aliphatic rings. The fourth-order valence-corrected chi connectivity index (χ4v) is 3.89. The molecular formula is C17H21N3O2. The van der Waals surface area contributed by atoms with E-state index in [2.05, 4.69) is 15.4 Å². The van der Waals surface area contributed by atoms with Crippen LogP contribution in [-0.2, 0) is 11.2 Å². The minimum Gasteiger partial charge on any atom is -0.356 e. The van der Waals surface area contributed by atoms with Crippen LogP contribution in [0.2, 0.25) is 0 Å². The fourth-order valence-electron chi connectivity index (χ4n) is 3.89. The Hall–Kier alpha value is -1.88. The Morgan fingerprint density at radius 1 is 1.27 bits per heavy atom. The molecule has 3 heterocycles. The van der Waals surface area contributed by atoms with E-state index in [1.165, 1.54) is 25.8 Å². The average Bonchev–Trinajstić information content (AvgIpc) is 3.13. The maximum atomic E-state index is 12.4. The molecule has 2 aromatic rings. The van der Waals surface area contributed by atoms with Crippen LogP contribution < -0.4 is 5.32 Å². The van der Waals surface area contributed by atoms with E-state index >= 15 is 0 Å². The number of carbonyl (C=O) groups is 1. The van der Waals surface area contributed by atoms with Crippen molar-refractivity contribution in [3.05, 3.63) is 30.0 Å². The van der Waals surface area contributed by atoms with Crippen LogP contribution in [-0.4, -0.2) is 41.1 Å². The number of carbonyl (C=O) groups excluding carboxylic acids is 1. The molecule has 4 rings (SSSR count). The molecule has 5 heteroatoms. The lowest BCUT2D eigenvalue weighted by Crippen LogP contribution is -2.47. The molecule has 1 N–H and O–H groups in total. The zero-order chi connectivity index (χ0) is 14.9. The van der Waals surface area contributed by atoms with Crippen molar-refractivity contribution in [2.45, 2.75) is 44.2 Å². The summed E-state index contributed by atoms with van der Waals surface area (Å²) in [6.07, 6.45) is 5.14. The van der Waals surface area contributed by atoms with Crippen LogP contribution in [0, 0.1) is 0 Å². The maximum absolute atomic E-state index is 12.4. The highest BCUT2D eigenvalue weighted by Gasteiger charge is 2.36. The highest BCUT2D eigenvalue weighted by Crippen LogP contribution is 2.27. The molecule has 1 aromatic heterocycles. The van der Waals surface area contributed by atoms with Crippen LogP contribution in [0.25, 0.3) is 11.0 Å². The Labute approximate surface area is 129 Å². The van der Waals surface area contributed by atoms with Crippen LogP contribution in [0.15, 0.2) is 28.8 Å². The number of nitrogens with one attached hydrogen (secondary N) is 1. The SMILES string of the molecule is O=C(Cc1noc2ccccc12)NC1CCN2CCCCC12. The first-order valence-corrected chi connectivity index (χ1v) is 8.18. The largest absolute Gasteiger partial charge is 0.356 e. The molecule has 2 saturated heterocycles. The van der Waals surface area contributed by atoms with Gasteiger partial charge in [0.1, 0.15) is 5.69 Å². The molecular weight excluding hydrogens is 278 g/mol.